The molecule has 0 aliphatic heterocycles. The highest BCUT2D eigenvalue weighted by Gasteiger charge is 2.13. The van der Waals surface area contributed by atoms with E-state index in [0.717, 1.165) is 11.3 Å². The summed E-state index contributed by atoms with van der Waals surface area (Å²) in [5, 5.41) is 2.72. The van der Waals surface area contributed by atoms with E-state index in [4.69, 9.17) is 9.47 Å². The van der Waals surface area contributed by atoms with Gasteiger partial charge in [-0.1, -0.05) is 45.0 Å². The molecule has 26 heavy (non-hydrogen) atoms. The minimum absolute atomic E-state index is 0.0551. The van der Waals surface area contributed by atoms with E-state index >= 15 is 0 Å². The highest BCUT2D eigenvalue weighted by Crippen LogP contribution is 2.23. The van der Waals surface area contributed by atoms with E-state index in [-0.39, 0.29) is 24.3 Å². The fourth-order valence-corrected chi connectivity index (χ4v) is 2.36. The number of ether oxygens (including phenoxy) is 2. The summed E-state index contributed by atoms with van der Waals surface area (Å²) in [7, 11) is 1.58. The summed E-state index contributed by atoms with van der Waals surface area (Å²) in [6.45, 7) is 6.07. The number of carbonyl (C=O) groups excluding carboxylic acids is 2. The van der Waals surface area contributed by atoms with Crippen molar-refractivity contribution in [2.75, 3.05) is 19.0 Å². The van der Waals surface area contributed by atoms with Crippen LogP contribution in [0.2, 0.25) is 0 Å². The lowest BCUT2D eigenvalue weighted by atomic mass is 9.87. The molecular formula is C21H25NO4. The van der Waals surface area contributed by atoms with Gasteiger partial charge in [-0.2, -0.15) is 0 Å². The zero-order chi connectivity index (χ0) is 19.2. The molecule has 0 heterocycles. The van der Waals surface area contributed by atoms with Gasteiger partial charge in [-0.3, -0.25) is 9.59 Å². The number of carbonyl (C=O) groups is 2. The predicted octanol–water partition coefficient (Wildman–Crippen LogP) is 3.72. The third-order valence-electron chi connectivity index (χ3n) is 3.91. The fourth-order valence-electron chi connectivity index (χ4n) is 2.36. The number of hydrogen-bond donors (Lipinski definition) is 1. The fraction of sp³-hybridized carbons (Fsp3) is 0.333. The Labute approximate surface area is 154 Å². The van der Waals surface area contributed by atoms with E-state index in [1.54, 1.807) is 31.4 Å². The molecule has 138 valence electrons. The molecule has 0 aromatic heterocycles. The van der Waals surface area contributed by atoms with Gasteiger partial charge in [0.2, 0.25) is 0 Å². The summed E-state index contributed by atoms with van der Waals surface area (Å²) >= 11 is 0. The zero-order valence-electron chi connectivity index (χ0n) is 15.7. The van der Waals surface area contributed by atoms with Gasteiger partial charge in [-0.15, -0.1) is 0 Å². The van der Waals surface area contributed by atoms with Gasteiger partial charge in [0, 0.05) is 5.69 Å². The highest BCUT2D eigenvalue weighted by molar-refractivity contribution is 5.92. The molecule has 0 aliphatic rings. The molecule has 5 nitrogen and oxygen atoms in total. The monoisotopic (exact) mass is 355 g/mol. The second-order valence-electron chi connectivity index (χ2n) is 7.06. The van der Waals surface area contributed by atoms with Crippen LogP contribution in [0, 0.1) is 0 Å². The van der Waals surface area contributed by atoms with E-state index in [0.29, 0.717) is 5.69 Å². The minimum Gasteiger partial charge on any atom is -0.497 e. The number of hydrogen-bond acceptors (Lipinski definition) is 4. The minimum atomic E-state index is -0.451. The van der Waals surface area contributed by atoms with Crippen molar-refractivity contribution in [1.82, 2.24) is 0 Å². The lowest BCUT2D eigenvalue weighted by molar-refractivity contribution is -0.146. The first-order chi connectivity index (χ1) is 12.3. The van der Waals surface area contributed by atoms with Crippen molar-refractivity contribution in [3.05, 3.63) is 59.7 Å². The van der Waals surface area contributed by atoms with Crippen LogP contribution in [0.15, 0.2) is 48.5 Å². The van der Waals surface area contributed by atoms with Crippen LogP contribution < -0.4 is 10.1 Å². The molecule has 2 rings (SSSR count). The maximum absolute atomic E-state index is 11.9. The number of methoxy groups -OCH3 is 1. The number of rotatable bonds is 6. The topological polar surface area (TPSA) is 64.6 Å². The van der Waals surface area contributed by atoms with Crippen LogP contribution in [-0.4, -0.2) is 25.6 Å². The maximum atomic E-state index is 11.9. The van der Waals surface area contributed by atoms with Crippen LogP contribution in [0.4, 0.5) is 5.69 Å². The molecule has 2 aromatic carbocycles. The van der Waals surface area contributed by atoms with E-state index < -0.39 is 5.97 Å². The van der Waals surface area contributed by atoms with E-state index in [1.807, 2.05) is 24.3 Å². The van der Waals surface area contributed by atoms with Gasteiger partial charge < -0.3 is 14.8 Å². The largest absolute Gasteiger partial charge is 0.497 e. The smallest absolute Gasteiger partial charge is 0.310 e. The van der Waals surface area contributed by atoms with Gasteiger partial charge >= 0.3 is 5.97 Å². The summed E-state index contributed by atoms with van der Waals surface area (Å²) in [4.78, 5) is 23.8. The van der Waals surface area contributed by atoms with Crippen molar-refractivity contribution in [3.8, 4) is 5.75 Å². The summed E-state index contributed by atoms with van der Waals surface area (Å²) in [5.74, 6) is -0.0936. The second-order valence-corrected chi connectivity index (χ2v) is 7.06. The van der Waals surface area contributed by atoms with Crippen LogP contribution in [0.3, 0.4) is 0 Å². The quantitative estimate of drug-likeness (QED) is 0.802. The molecule has 0 radical (unpaired) electrons. The Balaban J connectivity index is 1.79. The first-order valence-electron chi connectivity index (χ1n) is 8.47. The van der Waals surface area contributed by atoms with Gasteiger partial charge in [0.25, 0.3) is 5.91 Å². The van der Waals surface area contributed by atoms with Crippen LogP contribution in [0.5, 0.6) is 5.75 Å². The number of esters is 1. The SMILES string of the molecule is COc1ccc(CC(=O)OCC(=O)Nc2ccc(C(C)(C)C)cc2)cc1. The maximum Gasteiger partial charge on any atom is 0.310 e. The Morgan fingerprint density at radius 1 is 0.962 bits per heavy atom. The normalized spacial score (nSPS) is 10.9. The van der Waals surface area contributed by atoms with Crippen LogP contribution in [0.25, 0.3) is 0 Å². The molecule has 0 spiro atoms. The summed E-state index contributed by atoms with van der Waals surface area (Å²) in [6, 6.07) is 14.8. The molecular weight excluding hydrogens is 330 g/mol. The van der Waals surface area contributed by atoms with Crippen molar-refractivity contribution >= 4 is 17.6 Å². The first kappa shape index (κ1) is 19.5. The van der Waals surface area contributed by atoms with Crippen molar-refractivity contribution in [2.45, 2.75) is 32.6 Å². The lowest BCUT2D eigenvalue weighted by Gasteiger charge is -2.19. The third-order valence-corrected chi connectivity index (χ3v) is 3.91. The molecule has 5 heteroatoms. The Bertz CT molecular complexity index is 743. The molecule has 2 aromatic rings. The number of anilines is 1. The Hall–Kier alpha value is -2.82. The van der Waals surface area contributed by atoms with Gasteiger partial charge in [-0.25, -0.2) is 0 Å². The summed E-state index contributed by atoms with van der Waals surface area (Å²) in [6.07, 6.45) is 0.109. The van der Waals surface area contributed by atoms with Crippen LogP contribution in [-0.2, 0) is 26.2 Å². The Morgan fingerprint density at radius 3 is 2.12 bits per heavy atom. The van der Waals surface area contributed by atoms with Crippen LogP contribution >= 0.6 is 0 Å². The molecule has 0 saturated carbocycles. The van der Waals surface area contributed by atoms with E-state index in [1.165, 1.54) is 5.56 Å². The molecule has 0 bridgehead atoms. The molecule has 0 aliphatic carbocycles. The third kappa shape index (κ3) is 5.92. The zero-order valence-corrected chi connectivity index (χ0v) is 15.7. The Morgan fingerprint density at radius 2 is 1.58 bits per heavy atom. The van der Waals surface area contributed by atoms with Crippen molar-refractivity contribution in [2.24, 2.45) is 0 Å². The second kappa shape index (κ2) is 8.52. The summed E-state index contributed by atoms with van der Waals surface area (Å²) in [5.41, 5.74) is 2.71. The molecule has 0 unspecified atom stereocenters. The van der Waals surface area contributed by atoms with Gasteiger partial charge in [0.15, 0.2) is 6.61 Å². The average Bonchev–Trinajstić information content (AvgIpc) is 2.60. The predicted molar refractivity (Wildman–Crippen MR) is 101 cm³/mol. The molecule has 0 atom stereocenters. The van der Waals surface area contributed by atoms with Crippen molar-refractivity contribution < 1.29 is 19.1 Å². The van der Waals surface area contributed by atoms with Crippen molar-refractivity contribution in [3.63, 3.8) is 0 Å². The lowest BCUT2D eigenvalue weighted by Crippen LogP contribution is -2.21. The van der Waals surface area contributed by atoms with E-state index in [2.05, 4.69) is 26.1 Å². The standard InChI is InChI=1S/C21H25NO4/c1-21(2,3)16-7-9-17(10-8-16)22-19(23)14-26-20(24)13-15-5-11-18(25-4)12-6-15/h5-12H,13-14H2,1-4H3,(H,22,23). The van der Waals surface area contributed by atoms with Gasteiger partial charge in [0.1, 0.15) is 5.75 Å². The van der Waals surface area contributed by atoms with Crippen LogP contribution in [0.1, 0.15) is 31.9 Å². The average molecular weight is 355 g/mol. The van der Waals surface area contributed by atoms with Gasteiger partial charge in [-0.05, 0) is 40.8 Å². The molecule has 0 saturated heterocycles. The van der Waals surface area contributed by atoms with Gasteiger partial charge in [0.05, 0.1) is 13.5 Å². The Kier molecular flexibility index (Phi) is 6.39. The molecule has 0 fully saturated rings. The number of benzene rings is 2. The van der Waals surface area contributed by atoms with E-state index in [9.17, 15) is 9.59 Å². The highest BCUT2D eigenvalue weighted by atomic mass is 16.5. The molecule has 1 amide bonds. The van der Waals surface area contributed by atoms with Crippen molar-refractivity contribution in [1.29, 1.82) is 0 Å². The number of amides is 1. The first-order valence-corrected chi connectivity index (χ1v) is 8.47. The number of nitrogens with one attached hydrogen (secondary N) is 1. The molecule has 1 N–H and O–H groups in total. The summed E-state index contributed by atoms with van der Waals surface area (Å²) < 4.78 is 10.1.